The summed E-state index contributed by atoms with van der Waals surface area (Å²) < 4.78 is 0.300. The summed E-state index contributed by atoms with van der Waals surface area (Å²) in [5.74, 6) is 0.248. The van der Waals surface area contributed by atoms with E-state index in [0.717, 1.165) is 12.8 Å². The van der Waals surface area contributed by atoms with Gasteiger partial charge in [-0.1, -0.05) is 20.8 Å². The van der Waals surface area contributed by atoms with Gasteiger partial charge in [0.2, 0.25) is 0 Å². The molecule has 0 aromatic carbocycles. The third kappa shape index (κ3) is 3.11. The van der Waals surface area contributed by atoms with E-state index >= 15 is 0 Å². The Morgan fingerprint density at radius 3 is 1.89 bits per heavy atom. The predicted molar refractivity (Wildman–Crippen MR) is 43.7 cm³/mol. The van der Waals surface area contributed by atoms with Crippen LogP contribution in [0.1, 0.15) is 33.6 Å². The van der Waals surface area contributed by atoms with Crippen LogP contribution >= 0.6 is 11.8 Å². The summed E-state index contributed by atoms with van der Waals surface area (Å²) in [7, 11) is 0. The highest BCUT2D eigenvalue weighted by molar-refractivity contribution is 8.00. The summed E-state index contributed by atoms with van der Waals surface area (Å²) in [6.07, 6.45) is 2.27. The first-order valence-corrected chi connectivity index (χ1v) is 4.42. The third-order valence-corrected chi connectivity index (χ3v) is 3.31. The van der Waals surface area contributed by atoms with Crippen molar-refractivity contribution in [2.75, 3.05) is 5.94 Å². The van der Waals surface area contributed by atoms with Crippen LogP contribution in [0.5, 0.6) is 0 Å². The molecule has 0 saturated heterocycles. The van der Waals surface area contributed by atoms with Crippen LogP contribution in [0.15, 0.2) is 0 Å². The molecule has 0 aliphatic carbocycles. The maximum Gasteiger partial charge on any atom is 0.0891 e. The van der Waals surface area contributed by atoms with Crippen LogP contribution in [0.4, 0.5) is 0 Å². The van der Waals surface area contributed by atoms with Gasteiger partial charge in [-0.15, -0.1) is 11.8 Å². The maximum atomic E-state index is 8.63. The van der Waals surface area contributed by atoms with E-state index in [1.165, 1.54) is 0 Å². The smallest absolute Gasteiger partial charge is 0.0891 e. The van der Waals surface area contributed by atoms with E-state index in [9.17, 15) is 0 Å². The van der Waals surface area contributed by atoms with Crippen LogP contribution in [-0.2, 0) is 0 Å². The van der Waals surface area contributed by atoms with E-state index in [1.54, 1.807) is 11.8 Å². The average molecular weight is 148 g/mol. The fraction of sp³-hybridized carbons (Fsp3) is 1.00. The normalized spacial score (nSPS) is 12.0. The molecule has 0 fully saturated rings. The van der Waals surface area contributed by atoms with Gasteiger partial charge in [0, 0.05) is 4.75 Å². The number of hydrogen-bond donors (Lipinski definition) is 1. The molecule has 56 valence electrons. The molecule has 0 radical (unpaired) electrons. The van der Waals surface area contributed by atoms with Gasteiger partial charge < -0.3 is 5.11 Å². The summed E-state index contributed by atoms with van der Waals surface area (Å²) in [4.78, 5) is 0. The van der Waals surface area contributed by atoms with Crippen molar-refractivity contribution in [2.45, 2.75) is 38.4 Å². The molecular weight excluding hydrogens is 132 g/mol. The first kappa shape index (κ1) is 9.31. The standard InChI is InChI=1S/C7H16OS/c1-4-7(3,5-2)9-6-8/h8H,4-6H2,1-3H3. The first-order valence-electron chi connectivity index (χ1n) is 3.43. The molecule has 1 N–H and O–H groups in total. The lowest BCUT2D eigenvalue weighted by molar-refractivity contribution is 0.371. The van der Waals surface area contributed by atoms with E-state index in [4.69, 9.17) is 5.11 Å². The van der Waals surface area contributed by atoms with Crippen molar-refractivity contribution < 1.29 is 5.11 Å². The molecular formula is C7H16OS. The number of thioether (sulfide) groups is 1. The fourth-order valence-corrected chi connectivity index (χ4v) is 1.33. The second-order valence-corrected chi connectivity index (χ2v) is 3.96. The van der Waals surface area contributed by atoms with Crippen molar-refractivity contribution >= 4 is 11.8 Å². The Kier molecular flexibility index (Phi) is 4.32. The minimum atomic E-state index is 0.248. The minimum Gasteiger partial charge on any atom is -0.386 e. The van der Waals surface area contributed by atoms with Gasteiger partial charge in [0.05, 0.1) is 5.94 Å². The van der Waals surface area contributed by atoms with Gasteiger partial charge in [0.25, 0.3) is 0 Å². The van der Waals surface area contributed by atoms with Gasteiger partial charge in [-0.3, -0.25) is 0 Å². The zero-order chi connectivity index (χ0) is 7.33. The lowest BCUT2D eigenvalue weighted by Crippen LogP contribution is -2.17. The molecule has 9 heavy (non-hydrogen) atoms. The molecule has 1 nitrogen and oxygen atoms in total. The highest BCUT2D eigenvalue weighted by atomic mass is 32.2. The molecule has 0 heterocycles. The van der Waals surface area contributed by atoms with E-state index in [1.807, 2.05) is 0 Å². The Morgan fingerprint density at radius 1 is 1.33 bits per heavy atom. The first-order chi connectivity index (χ1) is 4.18. The summed E-state index contributed by atoms with van der Waals surface area (Å²) in [5.41, 5.74) is 0. The van der Waals surface area contributed by atoms with Gasteiger partial charge >= 0.3 is 0 Å². The van der Waals surface area contributed by atoms with Gasteiger partial charge in [-0.2, -0.15) is 0 Å². The number of hydrogen-bond acceptors (Lipinski definition) is 2. The molecule has 0 aliphatic rings. The van der Waals surface area contributed by atoms with Crippen LogP contribution in [0.3, 0.4) is 0 Å². The predicted octanol–water partition coefficient (Wildman–Crippen LogP) is 2.25. The molecule has 0 aromatic rings. The van der Waals surface area contributed by atoms with Crippen LogP contribution in [-0.4, -0.2) is 15.8 Å². The Hall–Kier alpha value is 0.310. The molecule has 0 saturated carbocycles. The largest absolute Gasteiger partial charge is 0.386 e. The molecule has 0 spiro atoms. The zero-order valence-corrected chi connectivity index (χ0v) is 7.29. The Labute approximate surface area is 61.8 Å². The lowest BCUT2D eigenvalue weighted by Gasteiger charge is -2.24. The van der Waals surface area contributed by atoms with Gasteiger partial charge in [0.15, 0.2) is 0 Å². The summed E-state index contributed by atoms with van der Waals surface area (Å²) in [5, 5.41) is 8.63. The molecule has 0 rings (SSSR count). The van der Waals surface area contributed by atoms with Crippen LogP contribution in [0, 0.1) is 0 Å². The molecule has 0 amide bonds. The van der Waals surface area contributed by atoms with Gasteiger partial charge in [-0.05, 0) is 12.8 Å². The lowest BCUT2D eigenvalue weighted by atomic mass is 10.1. The quantitative estimate of drug-likeness (QED) is 0.617. The SMILES string of the molecule is CCC(C)(CC)SCO. The van der Waals surface area contributed by atoms with Crippen molar-refractivity contribution in [3.8, 4) is 0 Å². The molecule has 0 aliphatic heterocycles. The van der Waals surface area contributed by atoms with Crippen molar-refractivity contribution in [1.29, 1.82) is 0 Å². The average Bonchev–Trinajstić information content (AvgIpc) is 1.89. The monoisotopic (exact) mass is 148 g/mol. The summed E-state index contributed by atoms with van der Waals surface area (Å²) in [6.45, 7) is 6.51. The van der Waals surface area contributed by atoms with Crippen LogP contribution < -0.4 is 0 Å². The Balaban J connectivity index is 3.62. The zero-order valence-electron chi connectivity index (χ0n) is 6.48. The molecule has 2 heteroatoms. The third-order valence-electron chi connectivity index (χ3n) is 1.91. The van der Waals surface area contributed by atoms with E-state index in [2.05, 4.69) is 20.8 Å². The molecule has 0 unspecified atom stereocenters. The van der Waals surface area contributed by atoms with Crippen molar-refractivity contribution in [2.24, 2.45) is 0 Å². The highest BCUT2D eigenvalue weighted by Gasteiger charge is 2.18. The fourth-order valence-electron chi connectivity index (χ4n) is 0.610. The van der Waals surface area contributed by atoms with Gasteiger partial charge in [-0.25, -0.2) is 0 Å². The van der Waals surface area contributed by atoms with E-state index in [0.29, 0.717) is 4.75 Å². The maximum absolute atomic E-state index is 8.63. The Bertz CT molecular complexity index is 69.3. The molecule has 0 bridgehead atoms. The van der Waals surface area contributed by atoms with Crippen LogP contribution in [0.2, 0.25) is 0 Å². The van der Waals surface area contributed by atoms with Gasteiger partial charge in [0.1, 0.15) is 0 Å². The van der Waals surface area contributed by atoms with Crippen molar-refractivity contribution in [3.05, 3.63) is 0 Å². The number of rotatable bonds is 4. The summed E-state index contributed by atoms with van der Waals surface area (Å²) in [6, 6.07) is 0. The van der Waals surface area contributed by atoms with Crippen LogP contribution in [0.25, 0.3) is 0 Å². The molecule has 0 aromatic heterocycles. The minimum absolute atomic E-state index is 0.248. The van der Waals surface area contributed by atoms with E-state index in [-0.39, 0.29) is 5.94 Å². The highest BCUT2D eigenvalue weighted by Crippen LogP contribution is 2.30. The van der Waals surface area contributed by atoms with Crippen molar-refractivity contribution in [3.63, 3.8) is 0 Å². The number of aliphatic hydroxyl groups excluding tert-OH is 1. The van der Waals surface area contributed by atoms with E-state index < -0.39 is 0 Å². The molecule has 0 atom stereocenters. The topological polar surface area (TPSA) is 20.2 Å². The second kappa shape index (κ2) is 4.18. The van der Waals surface area contributed by atoms with Crippen molar-refractivity contribution in [1.82, 2.24) is 0 Å². The second-order valence-electron chi connectivity index (χ2n) is 2.43. The number of aliphatic hydroxyl groups is 1. The summed E-state index contributed by atoms with van der Waals surface area (Å²) >= 11 is 1.63. The Morgan fingerprint density at radius 2 is 1.78 bits per heavy atom.